The molecule has 0 atom stereocenters. The van der Waals surface area contributed by atoms with Gasteiger partial charge in [-0.15, -0.1) is 0 Å². The van der Waals surface area contributed by atoms with E-state index in [1.54, 1.807) is 0 Å². The lowest BCUT2D eigenvalue weighted by Crippen LogP contribution is -2.28. The molecular weight excluding hydrogens is 290 g/mol. The zero-order valence-electron chi connectivity index (χ0n) is 9.24. The Hall–Kier alpha value is -0.390. The molecule has 0 aliphatic rings. The lowest BCUT2D eigenvalue weighted by atomic mass is 10.2. The van der Waals surface area contributed by atoms with Crippen LogP contribution in [-0.2, 0) is 16.4 Å². The molecule has 0 aliphatic heterocycles. The Morgan fingerprint density at radius 3 is 2.44 bits per heavy atom. The number of hydrogen-bond donors (Lipinski definition) is 1. The third kappa shape index (κ3) is 5.09. The Morgan fingerprint density at radius 1 is 1.25 bits per heavy atom. The van der Waals surface area contributed by atoms with E-state index < -0.39 is 10.0 Å². The molecule has 16 heavy (non-hydrogen) atoms. The summed E-state index contributed by atoms with van der Waals surface area (Å²) in [6.45, 7) is 2.32. The summed E-state index contributed by atoms with van der Waals surface area (Å²) in [6.07, 6.45) is 1.36. The van der Waals surface area contributed by atoms with Gasteiger partial charge in [-0.05, 0) is 30.5 Å². The van der Waals surface area contributed by atoms with Crippen LogP contribution in [0, 0.1) is 0 Å². The largest absolute Gasteiger partial charge is 0.215 e. The van der Waals surface area contributed by atoms with Gasteiger partial charge in [0.1, 0.15) is 0 Å². The number of sulfonamides is 1. The quantitative estimate of drug-likeness (QED) is 0.877. The van der Waals surface area contributed by atoms with Crippen LogP contribution in [0.5, 0.6) is 0 Å². The number of hydrogen-bond acceptors (Lipinski definition) is 2. The summed E-state index contributed by atoms with van der Waals surface area (Å²) < 4.78 is 26.3. The van der Waals surface area contributed by atoms with E-state index in [9.17, 15) is 8.42 Å². The predicted molar refractivity (Wildman–Crippen MR) is 69.9 cm³/mol. The Balaban J connectivity index is 2.39. The van der Waals surface area contributed by atoms with Gasteiger partial charge in [0.2, 0.25) is 10.0 Å². The standard InChI is InChI=1S/C11H16BrNO2S/c1-2-9-16(14,15)13-8-7-10-3-5-11(12)6-4-10/h3-6,13H,2,7-9H2,1H3. The highest BCUT2D eigenvalue weighted by molar-refractivity contribution is 9.10. The van der Waals surface area contributed by atoms with Crippen LogP contribution in [0.15, 0.2) is 28.7 Å². The second-order valence-electron chi connectivity index (χ2n) is 3.59. The minimum Gasteiger partial charge on any atom is -0.215 e. The first-order chi connectivity index (χ1) is 7.53. The van der Waals surface area contributed by atoms with Crippen molar-refractivity contribution in [2.75, 3.05) is 12.3 Å². The van der Waals surface area contributed by atoms with Gasteiger partial charge in [-0.2, -0.15) is 0 Å². The van der Waals surface area contributed by atoms with E-state index in [-0.39, 0.29) is 5.75 Å². The first-order valence-electron chi connectivity index (χ1n) is 5.25. The van der Waals surface area contributed by atoms with Gasteiger partial charge in [0.25, 0.3) is 0 Å². The van der Waals surface area contributed by atoms with Crippen molar-refractivity contribution in [2.45, 2.75) is 19.8 Å². The minimum atomic E-state index is -3.07. The molecule has 0 saturated carbocycles. The molecule has 0 aromatic heterocycles. The van der Waals surface area contributed by atoms with Gasteiger partial charge in [0, 0.05) is 11.0 Å². The van der Waals surface area contributed by atoms with E-state index in [1.807, 2.05) is 31.2 Å². The van der Waals surface area contributed by atoms with Crippen LogP contribution in [0.2, 0.25) is 0 Å². The molecule has 5 heteroatoms. The number of benzene rings is 1. The lowest BCUT2D eigenvalue weighted by molar-refractivity contribution is 0.580. The first kappa shape index (κ1) is 13.7. The second-order valence-corrected chi connectivity index (χ2v) is 6.43. The van der Waals surface area contributed by atoms with Gasteiger partial charge in [-0.25, -0.2) is 13.1 Å². The molecule has 1 aromatic carbocycles. The fourth-order valence-electron chi connectivity index (χ4n) is 1.34. The summed E-state index contributed by atoms with van der Waals surface area (Å²) in [5.41, 5.74) is 1.13. The number of nitrogens with one attached hydrogen (secondary N) is 1. The molecule has 1 N–H and O–H groups in total. The molecule has 0 heterocycles. The Bertz CT molecular complexity index is 414. The molecule has 0 aliphatic carbocycles. The van der Waals surface area contributed by atoms with Gasteiger partial charge in [-0.3, -0.25) is 0 Å². The highest BCUT2D eigenvalue weighted by Crippen LogP contribution is 2.10. The summed E-state index contributed by atoms with van der Waals surface area (Å²) in [5.74, 6) is 0.202. The summed E-state index contributed by atoms with van der Waals surface area (Å²) in [7, 11) is -3.07. The lowest BCUT2D eigenvalue weighted by Gasteiger charge is -2.05. The highest BCUT2D eigenvalue weighted by atomic mass is 79.9. The van der Waals surface area contributed by atoms with E-state index >= 15 is 0 Å². The summed E-state index contributed by atoms with van der Waals surface area (Å²) in [5, 5.41) is 0. The van der Waals surface area contributed by atoms with Crippen LogP contribution in [0.3, 0.4) is 0 Å². The van der Waals surface area contributed by atoms with E-state index in [4.69, 9.17) is 0 Å². The Kier molecular flexibility index (Phi) is 5.44. The smallest absolute Gasteiger partial charge is 0.211 e. The monoisotopic (exact) mass is 305 g/mol. The molecule has 1 rings (SSSR count). The second kappa shape index (κ2) is 6.37. The van der Waals surface area contributed by atoms with Gasteiger partial charge in [-0.1, -0.05) is 35.0 Å². The van der Waals surface area contributed by atoms with E-state index in [2.05, 4.69) is 20.7 Å². The fourth-order valence-corrected chi connectivity index (χ4v) is 2.70. The third-order valence-corrected chi connectivity index (χ3v) is 4.24. The molecule has 0 unspecified atom stereocenters. The van der Waals surface area contributed by atoms with Gasteiger partial charge in [0.15, 0.2) is 0 Å². The summed E-state index contributed by atoms with van der Waals surface area (Å²) >= 11 is 3.35. The average Bonchev–Trinajstić information content (AvgIpc) is 2.20. The highest BCUT2D eigenvalue weighted by Gasteiger charge is 2.06. The maximum Gasteiger partial charge on any atom is 0.211 e. The van der Waals surface area contributed by atoms with Crippen LogP contribution >= 0.6 is 15.9 Å². The van der Waals surface area contributed by atoms with Crippen molar-refractivity contribution in [3.8, 4) is 0 Å². The van der Waals surface area contributed by atoms with Crippen LogP contribution in [-0.4, -0.2) is 20.7 Å². The van der Waals surface area contributed by atoms with Crippen LogP contribution in [0.25, 0.3) is 0 Å². The van der Waals surface area contributed by atoms with Crippen LogP contribution in [0.1, 0.15) is 18.9 Å². The third-order valence-electron chi connectivity index (χ3n) is 2.12. The van der Waals surface area contributed by atoms with E-state index in [0.29, 0.717) is 13.0 Å². The van der Waals surface area contributed by atoms with Gasteiger partial charge < -0.3 is 0 Å². The number of rotatable bonds is 6. The maximum absolute atomic E-state index is 11.4. The number of halogens is 1. The minimum absolute atomic E-state index is 0.202. The van der Waals surface area contributed by atoms with Crippen molar-refractivity contribution in [2.24, 2.45) is 0 Å². The van der Waals surface area contributed by atoms with Crippen LogP contribution < -0.4 is 4.72 Å². The zero-order valence-corrected chi connectivity index (χ0v) is 11.6. The van der Waals surface area contributed by atoms with Crippen molar-refractivity contribution >= 4 is 26.0 Å². The fraction of sp³-hybridized carbons (Fsp3) is 0.455. The summed E-state index contributed by atoms with van der Waals surface area (Å²) in [6, 6.07) is 7.88. The molecule has 0 spiro atoms. The average molecular weight is 306 g/mol. The molecule has 0 fully saturated rings. The van der Waals surface area contributed by atoms with E-state index in [1.165, 1.54) is 0 Å². The van der Waals surface area contributed by atoms with E-state index in [0.717, 1.165) is 16.5 Å². The van der Waals surface area contributed by atoms with Crippen molar-refractivity contribution in [1.29, 1.82) is 0 Å². The maximum atomic E-state index is 11.4. The van der Waals surface area contributed by atoms with Gasteiger partial charge in [0.05, 0.1) is 5.75 Å². The summed E-state index contributed by atoms with van der Waals surface area (Å²) in [4.78, 5) is 0. The van der Waals surface area contributed by atoms with Crippen LogP contribution in [0.4, 0.5) is 0 Å². The molecule has 0 radical (unpaired) electrons. The Labute approximate surface area is 105 Å². The molecule has 0 bridgehead atoms. The molecule has 3 nitrogen and oxygen atoms in total. The Morgan fingerprint density at radius 2 is 1.88 bits per heavy atom. The van der Waals surface area contributed by atoms with Crippen molar-refractivity contribution < 1.29 is 8.42 Å². The molecule has 0 saturated heterocycles. The molecule has 1 aromatic rings. The molecule has 0 amide bonds. The van der Waals surface area contributed by atoms with Crippen molar-refractivity contribution in [3.63, 3.8) is 0 Å². The first-order valence-corrected chi connectivity index (χ1v) is 7.70. The van der Waals surface area contributed by atoms with Crippen molar-refractivity contribution in [3.05, 3.63) is 34.3 Å². The molecule has 90 valence electrons. The molecular formula is C11H16BrNO2S. The van der Waals surface area contributed by atoms with Crippen molar-refractivity contribution in [1.82, 2.24) is 4.72 Å². The normalized spacial score (nSPS) is 11.6. The topological polar surface area (TPSA) is 46.2 Å². The SMILES string of the molecule is CCCS(=O)(=O)NCCc1ccc(Br)cc1. The predicted octanol–water partition coefficient (Wildman–Crippen LogP) is 2.32. The zero-order chi connectivity index (χ0) is 12.0. The van der Waals surface area contributed by atoms with Gasteiger partial charge >= 0.3 is 0 Å².